The molecule has 3 heteroatoms. The van der Waals surface area contributed by atoms with Crippen molar-refractivity contribution in [1.29, 1.82) is 0 Å². The summed E-state index contributed by atoms with van der Waals surface area (Å²) in [6, 6.07) is 11.6. The number of aromatic nitrogens is 1. The van der Waals surface area contributed by atoms with Crippen LogP contribution in [0.15, 0.2) is 42.6 Å². The van der Waals surface area contributed by atoms with Crippen molar-refractivity contribution in [2.75, 3.05) is 0 Å². The van der Waals surface area contributed by atoms with Crippen LogP contribution in [0.2, 0.25) is 0 Å². The van der Waals surface area contributed by atoms with Gasteiger partial charge in [-0.1, -0.05) is 83.9 Å². The number of hydrogen-bond acceptors (Lipinski definition) is 3. The number of carbonyl (C=O) groups excluding carboxylic acids is 1. The summed E-state index contributed by atoms with van der Waals surface area (Å²) in [4.78, 5) is 16.6. The van der Waals surface area contributed by atoms with Crippen molar-refractivity contribution in [2.45, 2.75) is 85.0 Å². The van der Waals surface area contributed by atoms with Gasteiger partial charge in [0.25, 0.3) is 0 Å². The van der Waals surface area contributed by atoms with Gasteiger partial charge < -0.3 is 4.74 Å². The molecule has 0 aliphatic carbocycles. The molecular formula is C26H37NO2. The van der Waals surface area contributed by atoms with Gasteiger partial charge in [0, 0.05) is 6.20 Å². The van der Waals surface area contributed by atoms with E-state index in [9.17, 15) is 4.79 Å². The van der Waals surface area contributed by atoms with E-state index in [1.807, 2.05) is 36.5 Å². The highest BCUT2D eigenvalue weighted by molar-refractivity contribution is 5.88. The van der Waals surface area contributed by atoms with Gasteiger partial charge in [0.1, 0.15) is 11.4 Å². The van der Waals surface area contributed by atoms with Crippen LogP contribution in [0.1, 0.15) is 93.8 Å². The number of unbranched alkanes of at least 4 members (excludes halogenated alkanes) is 6. The van der Waals surface area contributed by atoms with Crippen LogP contribution < -0.4 is 4.74 Å². The summed E-state index contributed by atoms with van der Waals surface area (Å²) in [5, 5.41) is 0. The molecular weight excluding hydrogens is 358 g/mol. The predicted octanol–water partition coefficient (Wildman–Crippen LogP) is 7.18. The Hall–Kier alpha value is -2.16. The van der Waals surface area contributed by atoms with E-state index in [-0.39, 0.29) is 0 Å². The van der Waals surface area contributed by atoms with Gasteiger partial charge in [0.2, 0.25) is 0 Å². The number of rotatable bonds is 13. The lowest BCUT2D eigenvalue weighted by molar-refractivity contribution is 0.0728. The van der Waals surface area contributed by atoms with E-state index in [2.05, 4.69) is 25.8 Å². The van der Waals surface area contributed by atoms with Crippen LogP contribution in [0.4, 0.5) is 0 Å². The normalized spacial score (nSPS) is 12.0. The molecule has 0 aliphatic heterocycles. The summed E-state index contributed by atoms with van der Waals surface area (Å²) < 4.78 is 5.47. The largest absolute Gasteiger partial charge is 0.422 e. The van der Waals surface area contributed by atoms with E-state index in [0.717, 1.165) is 19.3 Å². The average molecular weight is 396 g/mol. The number of ether oxygens (including phenoxy) is 1. The third-order valence-electron chi connectivity index (χ3n) is 5.52. The van der Waals surface area contributed by atoms with Crippen LogP contribution in [0.5, 0.6) is 5.75 Å². The molecule has 1 heterocycles. The zero-order valence-electron chi connectivity index (χ0n) is 18.5. The van der Waals surface area contributed by atoms with Crippen molar-refractivity contribution in [3.8, 4) is 5.75 Å². The lowest BCUT2D eigenvalue weighted by atomic mass is 9.99. The van der Waals surface area contributed by atoms with Crippen molar-refractivity contribution in [1.82, 2.24) is 4.98 Å². The molecule has 0 saturated carbocycles. The number of aryl methyl sites for hydroxylation is 1. The highest BCUT2D eigenvalue weighted by Gasteiger charge is 2.10. The first-order valence-electron chi connectivity index (χ1n) is 11.4. The van der Waals surface area contributed by atoms with E-state index in [0.29, 0.717) is 17.4 Å². The summed E-state index contributed by atoms with van der Waals surface area (Å²) in [7, 11) is 0. The SMILES string of the molecule is CCCCCCCCCc1ccc(C(=O)Oc2ccc(CC(C)CC)cc2)nc1. The quantitative estimate of drug-likeness (QED) is 0.205. The molecule has 1 aromatic carbocycles. The van der Waals surface area contributed by atoms with E-state index in [1.54, 1.807) is 6.07 Å². The Labute approximate surface area is 176 Å². The molecule has 2 rings (SSSR count). The molecule has 0 spiro atoms. The standard InChI is InChI=1S/C26H37NO2/c1-4-6-7-8-9-10-11-12-23-15-18-25(27-20-23)26(28)29-24-16-13-22(14-17-24)19-21(3)5-2/h13-18,20-21H,4-12,19H2,1-3H3. The maximum atomic E-state index is 12.3. The molecule has 3 nitrogen and oxygen atoms in total. The van der Waals surface area contributed by atoms with E-state index in [4.69, 9.17) is 4.74 Å². The fourth-order valence-electron chi connectivity index (χ4n) is 3.38. The Morgan fingerprint density at radius 2 is 1.55 bits per heavy atom. The van der Waals surface area contributed by atoms with Crippen LogP contribution in [0.3, 0.4) is 0 Å². The molecule has 1 aromatic heterocycles. The van der Waals surface area contributed by atoms with Gasteiger partial charge in [-0.15, -0.1) is 0 Å². The van der Waals surface area contributed by atoms with Gasteiger partial charge in [0.05, 0.1) is 0 Å². The monoisotopic (exact) mass is 395 g/mol. The van der Waals surface area contributed by atoms with Gasteiger partial charge in [-0.05, 0) is 54.5 Å². The Morgan fingerprint density at radius 3 is 2.17 bits per heavy atom. The Balaban J connectivity index is 1.75. The first-order chi connectivity index (χ1) is 14.1. The molecule has 1 unspecified atom stereocenters. The maximum Gasteiger partial charge on any atom is 0.362 e. The Morgan fingerprint density at radius 1 is 0.897 bits per heavy atom. The van der Waals surface area contributed by atoms with Crippen LogP contribution in [0, 0.1) is 5.92 Å². The van der Waals surface area contributed by atoms with Gasteiger partial charge in [-0.2, -0.15) is 0 Å². The molecule has 0 bridgehead atoms. The number of carbonyl (C=O) groups is 1. The summed E-state index contributed by atoms with van der Waals surface area (Å²) in [6.45, 7) is 6.70. The topological polar surface area (TPSA) is 39.2 Å². The number of pyridine rings is 1. The minimum atomic E-state index is -0.401. The molecule has 2 aromatic rings. The highest BCUT2D eigenvalue weighted by Crippen LogP contribution is 2.18. The van der Waals surface area contributed by atoms with Crippen molar-refractivity contribution < 1.29 is 9.53 Å². The van der Waals surface area contributed by atoms with Crippen molar-refractivity contribution in [3.05, 3.63) is 59.4 Å². The Bertz CT molecular complexity index is 706. The zero-order valence-corrected chi connectivity index (χ0v) is 18.5. The van der Waals surface area contributed by atoms with E-state index < -0.39 is 5.97 Å². The first kappa shape index (κ1) is 23.1. The van der Waals surface area contributed by atoms with Crippen LogP contribution in [-0.2, 0) is 12.8 Å². The number of esters is 1. The average Bonchev–Trinajstić information content (AvgIpc) is 2.74. The van der Waals surface area contributed by atoms with Gasteiger partial charge in [0.15, 0.2) is 0 Å². The molecule has 0 N–H and O–H groups in total. The number of benzene rings is 1. The third-order valence-corrected chi connectivity index (χ3v) is 5.52. The van der Waals surface area contributed by atoms with Gasteiger partial charge >= 0.3 is 5.97 Å². The van der Waals surface area contributed by atoms with Crippen molar-refractivity contribution in [2.24, 2.45) is 5.92 Å². The first-order valence-corrected chi connectivity index (χ1v) is 11.4. The highest BCUT2D eigenvalue weighted by atomic mass is 16.5. The Kier molecular flexibility index (Phi) is 10.5. The smallest absolute Gasteiger partial charge is 0.362 e. The molecule has 0 radical (unpaired) electrons. The molecule has 0 aliphatic rings. The lowest BCUT2D eigenvalue weighted by Crippen LogP contribution is -2.10. The summed E-state index contributed by atoms with van der Waals surface area (Å²) in [6.07, 6.45) is 14.1. The lowest BCUT2D eigenvalue weighted by Gasteiger charge is -2.09. The van der Waals surface area contributed by atoms with Crippen LogP contribution in [-0.4, -0.2) is 11.0 Å². The molecule has 29 heavy (non-hydrogen) atoms. The fourth-order valence-corrected chi connectivity index (χ4v) is 3.38. The van der Waals surface area contributed by atoms with Gasteiger partial charge in [-0.25, -0.2) is 9.78 Å². The molecule has 1 atom stereocenters. The predicted molar refractivity (Wildman–Crippen MR) is 120 cm³/mol. The van der Waals surface area contributed by atoms with E-state index in [1.165, 1.54) is 56.1 Å². The minimum absolute atomic E-state index is 0.358. The molecule has 0 saturated heterocycles. The van der Waals surface area contributed by atoms with Crippen LogP contribution >= 0.6 is 0 Å². The number of nitrogens with zero attached hydrogens (tertiary/aromatic N) is 1. The molecule has 158 valence electrons. The summed E-state index contributed by atoms with van der Waals surface area (Å²) in [5.41, 5.74) is 2.81. The van der Waals surface area contributed by atoms with Gasteiger partial charge in [-0.3, -0.25) is 0 Å². The molecule has 0 amide bonds. The second kappa shape index (κ2) is 13.1. The minimum Gasteiger partial charge on any atom is -0.422 e. The van der Waals surface area contributed by atoms with Crippen molar-refractivity contribution >= 4 is 5.97 Å². The fraction of sp³-hybridized carbons (Fsp3) is 0.538. The second-order valence-electron chi connectivity index (χ2n) is 8.17. The summed E-state index contributed by atoms with van der Waals surface area (Å²) in [5.74, 6) is 0.825. The number of hydrogen-bond donors (Lipinski definition) is 0. The van der Waals surface area contributed by atoms with Crippen molar-refractivity contribution in [3.63, 3.8) is 0 Å². The van der Waals surface area contributed by atoms with Crippen LogP contribution in [0.25, 0.3) is 0 Å². The maximum absolute atomic E-state index is 12.3. The zero-order chi connectivity index (χ0) is 20.9. The van der Waals surface area contributed by atoms with E-state index >= 15 is 0 Å². The second-order valence-corrected chi connectivity index (χ2v) is 8.17. The third kappa shape index (κ3) is 8.81. The molecule has 0 fully saturated rings. The summed E-state index contributed by atoms with van der Waals surface area (Å²) >= 11 is 0.